The van der Waals surface area contributed by atoms with E-state index in [4.69, 9.17) is 11.6 Å². The summed E-state index contributed by atoms with van der Waals surface area (Å²) in [5.41, 5.74) is 11.8. The molecule has 0 atom stereocenters. The van der Waals surface area contributed by atoms with Crippen molar-refractivity contribution >= 4 is 23.0 Å². The van der Waals surface area contributed by atoms with Crippen LogP contribution >= 0.6 is 0 Å². The highest BCUT2D eigenvalue weighted by Gasteiger charge is 2.06. The van der Waals surface area contributed by atoms with E-state index < -0.39 is 0 Å². The number of hydrogen-bond acceptors (Lipinski definition) is 3. The van der Waals surface area contributed by atoms with Gasteiger partial charge < -0.3 is 16.1 Å². The minimum atomic E-state index is 0.325. The molecule has 0 aliphatic heterocycles. The van der Waals surface area contributed by atoms with Crippen LogP contribution in [0.15, 0.2) is 84.1 Å². The van der Waals surface area contributed by atoms with Gasteiger partial charge in [-0.25, -0.2) is 0 Å². The maximum absolute atomic E-state index is 10.8. The fourth-order valence-electron chi connectivity index (χ4n) is 3.33. The number of rotatable bonds is 5. The van der Waals surface area contributed by atoms with Crippen molar-refractivity contribution in [3.8, 4) is 11.1 Å². The Labute approximate surface area is 162 Å². The van der Waals surface area contributed by atoms with Gasteiger partial charge in [0.2, 0.25) is 0 Å². The van der Waals surface area contributed by atoms with Crippen molar-refractivity contribution in [1.82, 2.24) is 4.57 Å². The van der Waals surface area contributed by atoms with Crippen LogP contribution in [-0.4, -0.2) is 16.7 Å². The Morgan fingerprint density at radius 3 is 2.25 bits per heavy atom. The number of aromatic nitrogens is 1. The smallest absolute Gasteiger partial charge is 0.150 e. The molecular formula is C23H20N4O. The Kier molecular flexibility index (Phi) is 4.64. The Morgan fingerprint density at radius 1 is 0.929 bits per heavy atom. The molecule has 0 fully saturated rings. The monoisotopic (exact) mass is 368 g/mol. The number of nitrogens with zero attached hydrogens (tertiary/aromatic N) is 2. The minimum Gasteiger partial charge on any atom is -0.382 e. The summed E-state index contributed by atoms with van der Waals surface area (Å²) in [6.07, 6.45) is 2.92. The molecular weight excluding hydrogens is 348 g/mol. The second kappa shape index (κ2) is 7.40. The fraction of sp³-hybridized carbons (Fsp3) is 0.0435. The van der Waals surface area contributed by atoms with E-state index in [0.717, 1.165) is 40.4 Å². The molecule has 3 aromatic carbocycles. The number of carbonyl (C=O) groups excluding carboxylic acids is 1. The summed E-state index contributed by atoms with van der Waals surface area (Å²) in [5, 5.41) is 4.65. The summed E-state index contributed by atoms with van der Waals surface area (Å²) in [6.45, 7) is 0.771. The number of amidine groups is 1. The van der Waals surface area contributed by atoms with Crippen molar-refractivity contribution in [3.63, 3.8) is 0 Å². The first-order valence-electron chi connectivity index (χ1n) is 8.95. The lowest BCUT2D eigenvalue weighted by Gasteiger charge is -2.08. The highest BCUT2D eigenvalue weighted by atomic mass is 16.1. The summed E-state index contributed by atoms with van der Waals surface area (Å²) < 4.78 is 2.20. The van der Waals surface area contributed by atoms with E-state index in [9.17, 15) is 4.79 Å². The van der Waals surface area contributed by atoms with Gasteiger partial charge in [0.05, 0.1) is 0 Å². The number of aldehydes is 1. The lowest BCUT2D eigenvalue weighted by atomic mass is 10.0. The van der Waals surface area contributed by atoms with Crippen molar-refractivity contribution in [1.29, 1.82) is 0 Å². The van der Waals surface area contributed by atoms with E-state index in [0.29, 0.717) is 11.4 Å². The van der Waals surface area contributed by atoms with Gasteiger partial charge in [0, 0.05) is 34.8 Å². The molecule has 0 aliphatic carbocycles. The predicted octanol–water partition coefficient (Wildman–Crippen LogP) is 3.75. The molecule has 0 saturated heterocycles. The average Bonchev–Trinajstić information content (AvgIpc) is 3.15. The molecule has 0 saturated carbocycles. The maximum atomic E-state index is 10.8. The average molecular weight is 368 g/mol. The van der Waals surface area contributed by atoms with E-state index >= 15 is 0 Å². The molecule has 4 rings (SSSR count). The summed E-state index contributed by atoms with van der Waals surface area (Å²) in [5.74, 6) is 5.59. The molecule has 1 heterocycles. The first-order chi connectivity index (χ1) is 13.7. The number of nitrogens with two attached hydrogens (primary N) is 2. The van der Waals surface area contributed by atoms with Crippen molar-refractivity contribution in [2.45, 2.75) is 6.54 Å². The van der Waals surface area contributed by atoms with Crippen molar-refractivity contribution in [3.05, 3.63) is 95.7 Å². The van der Waals surface area contributed by atoms with Gasteiger partial charge in [-0.3, -0.25) is 4.79 Å². The lowest BCUT2D eigenvalue weighted by Crippen LogP contribution is -2.15. The van der Waals surface area contributed by atoms with Gasteiger partial charge in [-0.15, -0.1) is 0 Å². The summed E-state index contributed by atoms with van der Waals surface area (Å²) in [4.78, 5) is 10.8. The molecule has 0 unspecified atom stereocenters. The highest BCUT2D eigenvalue weighted by molar-refractivity contribution is 6.00. The summed E-state index contributed by atoms with van der Waals surface area (Å²) >= 11 is 0. The van der Waals surface area contributed by atoms with Gasteiger partial charge in [0.1, 0.15) is 12.1 Å². The van der Waals surface area contributed by atoms with Crippen LogP contribution in [0.2, 0.25) is 0 Å². The van der Waals surface area contributed by atoms with Gasteiger partial charge in [-0.1, -0.05) is 48.5 Å². The Hall–Kier alpha value is -3.86. The number of hydrogen-bond donors (Lipinski definition) is 2. The Balaban J connectivity index is 1.56. The van der Waals surface area contributed by atoms with Crippen LogP contribution in [0.1, 0.15) is 21.5 Å². The third-order valence-corrected chi connectivity index (χ3v) is 4.89. The predicted molar refractivity (Wildman–Crippen MR) is 113 cm³/mol. The molecule has 0 radical (unpaired) electrons. The lowest BCUT2D eigenvalue weighted by molar-refractivity contribution is 0.112. The molecule has 0 spiro atoms. The normalized spacial score (nSPS) is 11.6. The van der Waals surface area contributed by atoms with E-state index in [1.807, 2.05) is 42.5 Å². The molecule has 5 nitrogen and oxygen atoms in total. The Morgan fingerprint density at radius 2 is 1.61 bits per heavy atom. The van der Waals surface area contributed by atoms with Crippen LogP contribution < -0.4 is 11.6 Å². The molecule has 28 heavy (non-hydrogen) atoms. The molecule has 5 heteroatoms. The first kappa shape index (κ1) is 17.5. The molecule has 0 bridgehead atoms. The van der Waals surface area contributed by atoms with Crippen LogP contribution in [0.25, 0.3) is 22.0 Å². The number of carbonyl (C=O) groups is 1. The standard InChI is InChI=1S/C23H20N4O/c24-23(26-25)21-9-10-22-20(13-21)11-12-27(22)14-16-1-5-18(6-2-16)19-7-3-17(15-28)4-8-19/h1-13,15H,14,25H2,(H2,24,26). The maximum Gasteiger partial charge on any atom is 0.150 e. The van der Waals surface area contributed by atoms with Gasteiger partial charge in [-0.05, 0) is 41.0 Å². The molecule has 0 amide bonds. The zero-order chi connectivity index (χ0) is 19.5. The van der Waals surface area contributed by atoms with Crippen LogP contribution in [0, 0.1) is 0 Å². The van der Waals surface area contributed by atoms with Crippen LogP contribution in [0.5, 0.6) is 0 Å². The van der Waals surface area contributed by atoms with E-state index in [1.54, 1.807) is 0 Å². The van der Waals surface area contributed by atoms with E-state index in [1.165, 1.54) is 5.56 Å². The van der Waals surface area contributed by atoms with Crippen LogP contribution in [0.4, 0.5) is 0 Å². The third-order valence-electron chi connectivity index (χ3n) is 4.89. The molecule has 4 N–H and O–H groups in total. The van der Waals surface area contributed by atoms with Crippen molar-refractivity contribution in [2.75, 3.05) is 0 Å². The van der Waals surface area contributed by atoms with E-state index in [-0.39, 0.29) is 0 Å². The van der Waals surface area contributed by atoms with Gasteiger partial charge >= 0.3 is 0 Å². The molecule has 1 aromatic heterocycles. The Bertz CT molecular complexity index is 1160. The fourth-order valence-corrected chi connectivity index (χ4v) is 3.33. The van der Waals surface area contributed by atoms with Gasteiger partial charge in [0.25, 0.3) is 0 Å². The number of hydrazone groups is 1. The second-order valence-corrected chi connectivity index (χ2v) is 6.67. The largest absolute Gasteiger partial charge is 0.382 e. The summed E-state index contributed by atoms with van der Waals surface area (Å²) in [6, 6.07) is 24.1. The zero-order valence-corrected chi connectivity index (χ0v) is 15.2. The summed E-state index contributed by atoms with van der Waals surface area (Å²) in [7, 11) is 0. The van der Waals surface area contributed by atoms with Gasteiger partial charge in [0.15, 0.2) is 0 Å². The number of benzene rings is 3. The van der Waals surface area contributed by atoms with E-state index in [2.05, 4.69) is 46.2 Å². The van der Waals surface area contributed by atoms with Crippen LogP contribution in [0.3, 0.4) is 0 Å². The van der Waals surface area contributed by atoms with Gasteiger partial charge in [-0.2, -0.15) is 5.10 Å². The SMILES string of the molecule is N/N=C(\N)c1ccc2c(ccn2Cc2ccc(-c3ccc(C=O)cc3)cc2)c1. The van der Waals surface area contributed by atoms with Crippen molar-refractivity contribution < 1.29 is 4.79 Å². The quantitative estimate of drug-likeness (QED) is 0.185. The second-order valence-electron chi connectivity index (χ2n) is 6.67. The zero-order valence-electron chi connectivity index (χ0n) is 15.2. The first-order valence-corrected chi connectivity index (χ1v) is 8.95. The van der Waals surface area contributed by atoms with Crippen LogP contribution in [-0.2, 0) is 6.54 Å². The molecule has 138 valence electrons. The topological polar surface area (TPSA) is 86.4 Å². The third kappa shape index (κ3) is 3.38. The van der Waals surface area contributed by atoms with Crippen molar-refractivity contribution in [2.24, 2.45) is 16.7 Å². The highest BCUT2D eigenvalue weighted by Crippen LogP contribution is 2.22. The molecule has 0 aliphatic rings. The number of fused-ring (bicyclic) bond motifs is 1. The minimum absolute atomic E-state index is 0.325. The molecule has 4 aromatic rings.